The Morgan fingerprint density at radius 2 is 1.84 bits per heavy atom. The van der Waals surface area contributed by atoms with E-state index < -0.39 is 11.6 Å². The Balaban J connectivity index is 2.09. The van der Waals surface area contributed by atoms with Gasteiger partial charge < -0.3 is 0 Å². The fraction of sp³-hybridized carbons (Fsp3) is 0.133. The lowest BCUT2D eigenvalue weighted by molar-refractivity contribution is 0.0991. The number of hydrogen-bond acceptors (Lipinski definition) is 1. The van der Waals surface area contributed by atoms with Crippen LogP contribution >= 0.6 is 11.6 Å². The molecule has 0 fully saturated rings. The average molecular weight is 279 g/mol. The van der Waals surface area contributed by atoms with Crippen molar-refractivity contribution in [2.75, 3.05) is 0 Å². The summed E-state index contributed by atoms with van der Waals surface area (Å²) in [5, 5.41) is 0.498. The van der Waals surface area contributed by atoms with E-state index in [9.17, 15) is 13.6 Å². The molecule has 0 saturated heterocycles. The SMILES string of the molecule is O=C1C[C@H](c2ccc(F)c(F)c2)c2ccc(Cl)cc21. The number of carbonyl (C=O) groups is 1. The topological polar surface area (TPSA) is 17.1 Å². The van der Waals surface area contributed by atoms with Gasteiger partial charge in [-0.1, -0.05) is 23.7 Å². The zero-order valence-electron chi connectivity index (χ0n) is 9.79. The molecule has 0 unspecified atom stereocenters. The zero-order chi connectivity index (χ0) is 13.6. The summed E-state index contributed by atoms with van der Waals surface area (Å²) in [6, 6.07) is 8.85. The van der Waals surface area contributed by atoms with Gasteiger partial charge in [0.15, 0.2) is 17.4 Å². The third kappa shape index (κ3) is 2.04. The molecule has 0 aromatic heterocycles. The van der Waals surface area contributed by atoms with Gasteiger partial charge in [0.25, 0.3) is 0 Å². The van der Waals surface area contributed by atoms with Gasteiger partial charge in [-0.15, -0.1) is 0 Å². The molecule has 0 spiro atoms. The Bertz CT molecular complexity index is 682. The molecule has 1 aliphatic rings. The zero-order valence-corrected chi connectivity index (χ0v) is 10.5. The fourth-order valence-corrected chi connectivity index (χ4v) is 2.68. The molecule has 96 valence electrons. The second-order valence-electron chi connectivity index (χ2n) is 4.59. The first-order valence-electron chi connectivity index (χ1n) is 5.84. The van der Waals surface area contributed by atoms with Gasteiger partial charge in [0.05, 0.1) is 0 Å². The van der Waals surface area contributed by atoms with Crippen molar-refractivity contribution in [1.29, 1.82) is 0 Å². The maximum atomic E-state index is 13.3. The highest BCUT2D eigenvalue weighted by Crippen LogP contribution is 2.39. The molecule has 19 heavy (non-hydrogen) atoms. The normalized spacial score (nSPS) is 17.6. The molecule has 0 N–H and O–H groups in total. The lowest BCUT2D eigenvalue weighted by Crippen LogP contribution is -1.98. The third-order valence-corrected chi connectivity index (χ3v) is 3.66. The van der Waals surface area contributed by atoms with Gasteiger partial charge in [-0.2, -0.15) is 0 Å². The molecule has 3 rings (SSSR count). The van der Waals surface area contributed by atoms with E-state index in [0.29, 0.717) is 16.1 Å². The summed E-state index contributed by atoms with van der Waals surface area (Å²) in [7, 11) is 0. The van der Waals surface area contributed by atoms with Crippen LogP contribution in [0, 0.1) is 11.6 Å². The van der Waals surface area contributed by atoms with Crippen LogP contribution in [0.1, 0.15) is 33.8 Å². The quantitative estimate of drug-likeness (QED) is 0.758. The van der Waals surface area contributed by atoms with Gasteiger partial charge in [0, 0.05) is 22.9 Å². The van der Waals surface area contributed by atoms with Crippen molar-refractivity contribution in [1.82, 2.24) is 0 Å². The van der Waals surface area contributed by atoms with Crippen molar-refractivity contribution in [3.8, 4) is 0 Å². The van der Waals surface area contributed by atoms with Crippen molar-refractivity contribution in [2.24, 2.45) is 0 Å². The van der Waals surface area contributed by atoms with Crippen LogP contribution in [0.25, 0.3) is 0 Å². The number of halogens is 3. The van der Waals surface area contributed by atoms with E-state index >= 15 is 0 Å². The smallest absolute Gasteiger partial charge is 0.164 e. The maximum Gasteiger partial charge on any atom is 0.164 e. The van der Waals surface area contributed by atoms with E-state index in [1.54, 1.807) is 18.2 Å². The Kier molecular flexibility index (Phi) is 2.86. The second kappa shape index (κ2) is 4.42. The van der Waals surface area contributed by atoms with Crippen LogP contribution in [0.4, 0.5) is 8.78 Å². The highest BCUT2D eigenvalue weighted by molar-refractivity contribution is 6.31. The molecule has 1 atom stereocenters. The Morgan fingerprint density at radius 1 is 1.05 bits per heavy atom. The molecule has 0 saturated carbocycles. The summed E-state index contributed by atoms with van der Waals surface area (Å²) >= 11 is 5.87. The van der Waals surface area contributed by atoms with E-state index in [2.05, 4.69) is 0 Å². The molecule has 1 aliphatic carbocycles. The van der Waals surface area contributed by atoms with Gasteiger partial charge in [-0.05, 0) is 35.4 Å². The summed E-state index contributed by atoms with van der Waals surface area (Å²) in [6.07, 6.45) is 0.265. The van der Waals surface area contributed by atoms with Gasteiger partial charge >= 0.3 is 0 Å². The molecular formula is C15H9ClF2O. The molecule has 1 nitrogen and oxygen atoms in total. The fourth-order valence-electron chi connectivity index (χ4n) is 2.51. The number of rotatable bonds is 1. The molecule has 0 amide bonds. The van der Waals surface area contributed by atoms with Gasteiger partial charge in [-0.3, -0.25) is 4.79 Å². The standard InChI is InChI=1S/C15H9ClF2O/c16-9-2-3-10-11(7-15(19)12(10)6-9)8-1-4-13(17)14(18)5-8/h1-6,11H,7H2/t11-/m1/s1. The largest absolute Gasteiger partial charge is 0.294 e. The summed E-state index contributed by atoms with van der Waals surface area (Å²) in [5.41, 5.74) is 2.00. The monoisotopic (exact) mass is 278 g/mol. The summed E-state index contributed by atoms with van der Waals surface area (Å²) in [6.45, 7) is 0. The van der Waals surface area contributed by atoms with Gasteiger partial charge in [0.2, 0.25) is 0 Å². The van der Waals surface area contributed by atoms with Crippen LogP contribution in [0.15, 0.2) is 36.4 Å². The highest BCUT2D eigenvalue weighted by atomic mass is 35.5. The van der Waals surface area contributed by atoms with E-state index in [1.165, 1.54) is 6.07 Å². The summed E-state index contributed by atoms with van der Waals surface area (Å²) in [4.78, 5) is 11.9. The van der Waals surface area contributed by atoms with Crippen molar-refractivity contribution in [2.45, 2.75) is 12.3 Å². The third-order valence-electron chi connectivity index (χ3n) is 3.43. The minimum Gasteiger partial charge on any atom is -0.294 e. The number of benzene rings is 2. The van der Waals surface area contributed by atoms with Crippen molar-refractivity contribution < 1.29 is 13.6 Å². The molecule has 2 aromatic rings. The van der Waals surface area contributed by atoms with Gasteiger partial charge in [0.1, 0.15) is 0 Å². The first-order chi connectivity index (χ1) is 9.06. The van der Waals surface area contributed by atoms with Crippen LogP contribution in [0.2, 0.25) is 5.02 Å². The first kappa shape index (κ1) is 12.3. The van der Waals surface area contributed by atoms with Crippen molar-refractivity contribution >= 4 is 17.4 Å². The van der Waals surface area contributed by atoms with E-state index in [1.807, 2.05) is 0 Å². The minimum absolute atomic E-state index is 0.0211. The van der Waals surface area contributed by atoms with Crippen molar-refractivity contribution in [3.05, 3.63) is 69.7 Å². The first-order valence-corrected chi connectivity index (χ1v) is 6.21. The molecule has 0 bridgehead atoms. The molecule has 0 radical (unpaired) electrons. The van der Waals surface area contributed by atoms with Crippen LogP contribution in [0.3, 0.4) is 0 Å². The predicted molar refractivity (Wildman–Crippen MR) is 68.6 cm³/mol. The van der Waals surface area contributed by atoms with Crippen molar-refractivity contribution in [3.63, 3.8) is 0 Å². The highest BCUT2D eigenvalue weighted by Gasteiger charge is 2.30. The number of Topliss-reactive ketones (excluding diaryl/α,β-unsaturated/α-hetero) is 1. The van der Waals surface area contributed by atoms with Crippen LogP contribution in [-0.4, -0.2) is 5.78 Å². The summed E-state index contributed by atoms with van der Waals surface area (Å²) < 4.78 is 26.2. The number of fused-ring (bicyclic) bond motifs is 1. The molecule has 2 aromatic carbocycles. The molecule has 0 heterocycles. The lowest BCUT2D eigenvalue weighted by atomic mass is 9.93. The number of ketones is 1. The Morgan fingerprint density at radius 3 is 2.58 bits per heavy atom. The Hall–Kier alpha value is -1.74. The van der Waals surface area contributed by atoms with Crippen LogP contribution < -0.4 is 0 Å². The Labute approximate surface area is 113 Å². The second-order valence-corrected chi connectivity index (χ2v) is 5.02. The maximum absolute atomic E-state index is 13.3. The lowest BCUT2D eigenvalue weighted by Gasteiger charge is -2.11. The number of carbonyl (C=O) groups excluding carboxylic acids is 1. The summed E-state index contributed by atoms with van der Waals surface area (Å²) in [5.74, 6) is -2.03. The molecule has 4 heteroatoms. The van der Waals surface area contributed by atoms with Crippen LogP contribution in [0.5, 0.6) is 0 Å². The van der Waals surface area contributed by atoms with E-state index in [0.717, 1.165) is 17.7 Å². The molecule has 0 aliphatic heterocycles. The average Bonchev–Trinajstić information content (AvgIpc) is 2.70. The molecular weight excluding hydrogens is 270 g/mol. The van der Waals surface area contributed by atoms with E-state index in [-0.39, 0.29) is 18.1 Å². The van der Waals surface area contributed by atoms with Gasteiger partial charge in [-0.25, -0.2) is 8.78 Å². The minimum atomic E-state index is -0.896. The van der Waals surface area contributed by atoms with E-state index in [4.69, 9.17) is 11.6 Å². The predicted octanol–water partition coefficient (Wildman–Crippen LogP) is 4.34. The number of hydrogen-bond donors (Lipinski definition) is 0. The van der Waals surface area contributed by atoms with Crippen LogP contribution in [-0.2, 0) is 0 Å².